The molecule has 2 heterocycles. The van der Waals surface area contributed by atoms with Crippen LogP contribution in [0.2, 0.25) is 0 Å². The van der Waals surface area contributed by atoms with Gasteiger partial charge in [0.2, 0.25) is 0 Å². The summed E-state index contributed by atoms with van der Waals surface area (Å²) in [5.74, 6) is -1.22. The Kier molecular flexibility index (Phi) is 6.94. The van der Waals surface area contributed by atoms with Crippen molar-refractivity contribution in [3.63, 3.8) is 0 Å². The van der Waals surface area contributed by atoms with Gasteiger partial charge in [0.05, 0.1) is 21.5 Å². The number of hydrogen-bond acceptors (Lipinski definition) is 6. The monoisotopic (exact) mass is 522 g/mol. The van der Waals surface area contributed by atoms with E-state index < -0.39 is 32.9 Å². The number of ketones is 1. The Morgan fingerprint density at radius 2 is 1.54 bits per heavy atom. The molecule has 2 aromatic carbocycles. The highest BCUT2D eigenvalue weighted by Gasteiger charge is 2.45. The average Bonchev–Trinajstić information content (AvgIpc) is 3.19. The highest BCUT2D eigenvalue weighted by molar-refractivity contribution is 7.90. The van der Waals surface area contributed by atoms with Crippen molar-refractivity contribution in [2.75, 3.05) is 0 Å². The van der Waals surface area contributed by atoms with Crippen LogP contribution >= 0.6 is 0 Å². The van der Waals surface area contributed by atoms with Gasteiger partial charge in [-0.25, -0.2) is 17.2 Å². The van der Waals surface area contributed by atoms with Gasteiger partial charge in [-0.1, -0.05) is 35.9 Å². The Morgan fingerprint density at radius 1 is 0.946 bits per heavy atom. The van der Waals surface area contributed by atoms with Gasteiger partial charge in [-0.05, 0) is 85.1 Å². The first-order valence-corrected chi connectivity index (χ1v) is 13.9. The number of hydroxylamine groups is 2. The standard InChI is InChI=1S/C29H34N2O5S/c1-20-12-14-23(15-13-20)37(34,35)30-19-22(24-10-7-8-11-26(24)30)18-25(21(2)32)27(33)36-31-28(3,4)16-9-17-29(31,5)6/h7-8,10-15,18-19H,9,16-17H2,1-6H3/b25-18+. The number of carbonyl (C=O) groups excluding carboxylic acids is 2. The molecule has 0 atom stereocenters. The predicted molar refractivity (Wildman–Crippen MR) is 144 cm³/mol. The summed E-state index contributed by atoms with van der Waals surface area (Å²) in [7, 11) is -3.91. The molecule has 4 rings (SSSR count). The third-order valence-electron chi connectivity index (χ3n) is 7.04. The van der Waals surface area contributed by atoms with Crippen LogP contribution in [0.15, 0.2) is 65.2 Å². The molecule has 0 unspecified atom stereocenters. The van der Waals surface area contributed by atoms with E-state index in [-0.39, 0.29) is 10.5 Å². The van der Waals surface area contributed by atoms with Gasteiger partial charge < -0.3 is 4.84 Å². The third kappa shape index (κ3) is 5.13. The second-order valence-corrected chi connectivity index (χ2v) is 12.8. The maximum absolute atomic E-state index is 13.5. The van der Waals surface area contributed by atoms with Gasteiger partial charge in [0.1, 0.15) is 5.57 Å². The van der Waals surface area contributed by atoms with Crippen molar-refractivity contribution in [2.45, 2.75) is 76.8 Å². The van der Waals surface area contributed by atoms with Gasteiger partial charge in [-0.2, -0.15) is 0 Å². The van der Waals surface area contributed by atoms with Crippen LogP contribution in [-0.2, 0) is 24.4 Å². The first kappa shape index (κ1) is 26.8. The van der Waals surface area contributed by atoms with E-state index in [0.29, 0.717) is 16.5 Å². The number of hydrogen-bond donors (Lipinski definition) is 0. The molecule has 8 heteroatoms. The van der Waals surface area contributed by atoms with E-state index in [1.54, 1.807) is 53.6 Å². The minimum Gasteiger partial charge on any atom is -0.363 e. The van der Waals surface area contributed by atoms with Crippen molar-refractivity contribution in [3.8, 4) is 0 Å². The molecule has 0 saturated carbocycles. The van der Waals surface area contributed by atoms with Crippen molar-refractivity contribution < 1.29 is 22.8 Å². The zero-order valence-corrected chi connectivity index (χ0v) is 23.1. The van der Waals surface area contributed by atoms with Crippen molar-refractivity contribution in [3.05, 3.63) is 71.4 Å². The zero-order chi connectivity index (χ0) is 27.2. The van der Waals surface area contributed by atoms with Gasteiger partial charge in [-0.15, -0.1) is 5.06 Å². The fourth-order valence-electron chi connectivity index (χ4n) is 5.13. The molecule has 0 amide bonds. The van der Waals surface area contributed by atoms with Gasteiger partial charge in [0.15, 0.2) is 5.78 Å². The summed E-state index contributed by atoms with van der Waals surface area (Å²) in [5.41, 5.74) is 0.904. The molecule has 1 aliphatic heterocycles. The SMILES string of the molecule is CC(=O)/C(=C\c1cn(S(=O)(=O)c2ccc(C)cc2)c2ccccc12)C(=O)ON1C(C)(C)CCCC1(C)C. The minimum atomic E-state index is -3.91. The van der Waals surface area contributed by atoms with Gasteiger partial charge >= 0.3 is 5.97 Å². The molecular weight excluding hydrogens is 488 g/mol. The number of piperidine rings is 1. The Bertz CT molecular complexity index is 1480. The number of nitrogens with zero attached hydrogens (tertiary/aromatic N) is 2. The van der Waals surface area contributed by atoms with Crippen LogP contribution in [0.1, 0.15) is 65.0 Å². The van der Waals surface area contributed by atoms with Gasteiger partial charge in [-0.3, -0.25) is 4.79 Å². The van der Waals surface area contributed by atoms with E-state index in [1.165, 1.54) is 23.2 Å². The maximum atomic E-state index is 13.5. The maximum Gasteiger partial charge on any atom is 0.360 e. The predicted octanol–water partition coefficient (Wildman–Crippen LogP) is 5.66. The Labute approximate surface area is 218 Å². The van der Waals surface area contributed by atoms with E-state index in [2.05, 4.69) is 0 Å². The molecule has 37 heavy (non-hydrogen) atoms. The van der Waals surface area contributed by atoms with Crippen LogP contribution in [0.5, 0.6) is 0 Å². The Hall–Kier alpha value is -3.23. The molecule has 1 aliphatic rings. The summed E-state index contributed by atoms with van der Waals surface area (Å²) in [6, 6.07) is 13.6. The summed E-state index contributed by atoms with van der Waals surface area (Å²) in [6.07, 6.45) is 5.60. The summed E-state index contributed by atoms with van der Waals surface area (Å²) < 4.78 is 28.2. The van der Waals surface area contributed by atoms with Crippen LogP contribution in [0, 0.1) is 6.92 Å². The quantitative estimate of drug-likeness (QED) is 0.236. The van der Waals surface area contributed by atoms with Crippen molar-refractivity contribution in [1.82, 2.24) is 9.04 Å². The highest BCUT2D eigenvalue weighted by Crippen LogP contribution is 2.39. The van der Waals surface area contributed by atoms with E-state index in [9.17, 15) is 18.0 Å². The summed E-state index contributed by atoms with van der Waals surface area (Å²) in [5, 5.41) is 2.30. The largest absolute Gasteiger partial charge is 0.363 e. The Balaban J connectivity index is 1.79. The van der Waals surface area contributed by atoms with E-state index in [1.807, 2.05) is 34.6 Å². The fourth-order valence-corrected chi connectivity index (χ4v) is 6.51. The van der Waals surface area contributed by atoms with E-state index >= 15 is 0 Å². The molecule has 0 radical (unpaired) electrons. The molecule has 0 aliphatic carbocycles. The fraction of sp³-hybridized carbons (Fsp3) is 0.379. The third-order valence-corrected chi connectivity index (χ3v) is 8.72. The second-order valence-electron chi connectivity index (χ2n) is 11.0. The number of para-hydroxylation sites is 1. The smallest absolute Gasteiger partial charge is 0.360 e. The minimum absolute atomic E-state index is 0.146. The molecular formula is C29H34N2O5S. The van der Waals surface area contributed by atoms with E-state index in [4.69, 9.17) is 4.84 Å². The molecule has 0 bridgehead atoms. The van der Waals surface area contributed by atoms with Crippen LogP contribution in [0.4, 0.5) is 0 Å². The highest BCUT2D eigenvalue weighted by atomic mass is 32.2. The second kappa shape index (κ2) is 9.58. The number of aromatic nitrogens is 1. The molecule has 3 aromatic rings. The number of aryl methyl sites for hydroxylation is 1. The lowest BCUT2D eigenvalue weighted by atomic mass is 9.82. The lowest BCUT2D eigenvalue weighted by molar-refractivity contribution is -0.262. The number of carbonyl (C=O) groups is 2. The lowest BCUT2D eigenvalue weighted by Crippen LogP contribution is -2.59. The molecule has 1 aromatic heterocycles. The molecule has 0 N–H and O–H groups in total. The van der Waals surface area contributed by atoms with E-state index in [0.717, 1.165) is 24.8 Å². The van der Waals surface area contributed by atoms with Crippen LogP contribution in [-0.4, -0.2) is 40.3 Å². The summed E-state index contributed by atoms with van der Waals surface area (Å²) in [4.78, 5) is 32.0. The van der Waals surface area contributed by atoms with Crippen LogP contribution in [0.3, 0.4) is 0 Å². The molecule has 196 valence electrons. The van der Waals surface area contributed by atoms with Crippen molar-refractivity contribution >= 4 is 38.8 Å². The van der Waals surface area contributed by atoms with Gasteiger partial charge in [0, 0.05) is 17.1 Å². The normalized spacial score (nSPS) is 18.1. The van der Waals surface area contributed by atoms with Crippen molar-refractivity contribution in [1.29, 1.82) is 0 Å². The Morgan fingerprint density at radius 3 is 2.14 bits per heavy atom. The topological polar surface area (TPSA) is 85.7 Å². The number of benzene rings is 2. The lowest BCUT2D eigenvalue weighted by Gasteiger charge is -2.50. The molecule has 7 nitrogen and oxygen atoms in total. The number of rotatable bonds is 6. The van der Waals surface area contributed by atoms with Gasteiger partial charge in [0.25, 0.3) is 10.0 Å². The van der Waals surface area contributed by atoms with Crippen molar-refractivity contribution in [2.24, 2.45) is 0 Å². The average molecular weight is 523 g/mol. The molecule has 1 fully saturated rings. The first-order valence-electron chi connectivity index (χ1n) is 12.4. The number of Topliss-reactive ketones (excluding diaryl/α,β-unsaturated/α-hetero) is 1. The summed E-state index contributed by atoms with van der Waals surface area (Å²) in [6.45, 7) is 11.3. The zero-order valence-electron chi connectivity index (χ0n) is 22.2. The van der Waals surface area contributed by atoms with Crippen LogP contribution < -0.4 is 0 Å². The molecule has 1 saturated heterocycles. The number of fused-ring (bicyclic) bond motifs is 1. The summed E-state index contributed by atoms with van der Waals surface area (Å²) >= 11 is 0. The molecule has 0 spiro atoms. The van der Waals surface area contributed by atoms with Crippen LogP contribution in [0.25, 0.3) is 17.0 Å². The first-order chi connectivity index (χ1) is 17.2.